The van der Waals surface area contributed by atoms with E-state index >= 15 is 0 Å². The van der Waals surface area contributed by atoms with Gasteiger partial charge in [-0.1, -0.05) is 13.8 Å². The molecule has 1 aromatic rings. The molecule has 0 radical (unpaired) electrons. The number of carbonyl (C=O) groups is 2. The predicted octanol–water partition coefficient (Wildman–Crippen LogP) is 1.61. The third kappa shape index (κ3) is 3.35. The normalized spacial score (nSPS) is 14.8. The van der Waals surface area contributed by atoms with E-state index in [1.807, 2.05) is 13.8 Å². The Hall–Kier alpha value is -1.78. The van der Waals surface area contributed by atoms with E-state index in [0.717, 1.165) is 0 Å². The number of amides is 2. The number of rotatable bonds is 1. The van der Waals surface area contributed by atoms with E-state index in [1.165, 1.54) is 6.26 Å². The van der Waals surface area contributed by atoms with Gasteiger partial charge in [0.25, 0.3) is 5.91 Å². The zero-order valence-corrected chi connectivity index (χ0v) is 11.2. The topological polar surface area (TPSA) is 53.8 Å². The summed E-state index contributed by atoms with van der Waals surface area (Å²) in [5.41, 5.74) is 0. The van der Waals surface area contributed by atoms with Gasteiger partial charge in [-0.2, -0.15) is 0 Å². The molecular formula is C13H20N2O3. The van der Waals surface area contributed by atoms with Gasteiger partial charge < -0.3 is 14.2 Å². The van der Waals surface area contributed by atoms with Gasteiger partial charge in [-0.05, 0) is 12.1 Å². The van der Waals surface area contributed by atoms with Gasteiger partial charge in [-0.15, -0.1) is 0 Å². The molecule has 1 fully saturated rings. The second kappa shape index (κ2) is 6.83. The third-order valence-corrected chi connectivity index (χ3v) is 2.74. The van der Waals surface area contributed by atoms with Crippen LogP contribution in [0, 0.1) is 0 Å². The molecule has 0 saturated carbocycles. The fraction of sp³-hybridized carbons (Fsp3) is 0.538. The second-order valence-corrected chi connectivity index (χ2v) is 3.78. The molecule has 0 aliphatic carbocycles. The van der Waals surface area contributed by atoms with Gasteiger partial charge in [0.05, 0.1) is 6.26 Å². The van der Waals surface area contributed by atoms with Crippen LogP contribution in [0.5, 0.6) is 0 Å². The minimum Gasteiger partial charge on any atom is -0.459 e. The van der Waals surface area contributed by atoms with Crippen LogP contribution in [0.3, 0.4) is 0 Å². The molecule has 1 aromatic heterocycles. The molecular weight excluding hydrogens is 232 g/mol. The van der Waals surface area contributed by atoms with Crippen LogP contribution in [0.15, 0.2) is 22.8 Å². The van der Waals surface area contributed by atoms with Gasteiger partial charge in [0.15, 0.2) is 5.76 Å². The Balaban J connectivity index is 0.000000771. The van der Waals surface area contributed by atoms with E-state index in [2.05, 4.69) is 0 Å². The van der Waals surface area contributed by atoms with Crippen molar-refractivity contribution in [1.82, 2.24) is 9.80 Å². The van der Waals surface area contributed by atoms with Crippen LogP contribution >= 0.6 is 0 Å². The van der Waals surface area contributed by atoms with Crippen molar-refractivity contribution >= 4 is 11.8 Å². The Morgan fingerprint density at radius 3 is 2.11 bits per heavy atom. The molecule has 100 valence electrons. The van der Waals surface area contributed by atoms with Crippen LogP contribution in [0.1, 0.15) is 31.3 Å². The average molecular weight is 252 g/mol. The lowest BCUT2D eigenvalue weighted by atomic mass is 10.3. The maximum absolute atomic E-state index is 11.9. The molecule has 5 heteroatoms. The van der Waals surface area contributed by atoms with E-state index < -0.39 is 0 Å². The first-order valence-corrected chi connectivity index (χ1v) is 6.27. The van der Waals surface area contributed by atoms with E-state index in [4.69, 9.17) is 4.42 Å². The van der Waals surface area contributed by atoms with Crippen LogP contribution in [-0.2, 0) is 4.79 Å². The SMILES string of the molecule is CC.CC(=O)N1CCN(C(=O)c2ccco2)CC1. The molecule has 0 bridgehead atoms. The predicted molar refractivity (Wildman–Crippen MR) is 68.2 cm³/mol. The quantitative estimate of drug-likeness (QED) is 0.763. The summed E-state index contributed by atoms with van der Waals surface area (Å²) in [6, 6.07) is 3.35. The Morgan fingerprint density at radius 2 is 1.67 bits per heavy atom. The molecule has 18 heavy (non-hydrogen) atoms. The second-order valence-electron chi connectivity index (χ2n) is 3.78. The van der Waals surface area contributed by atoms with Crippen LogP contribution in [0.25, 0.3) is 0 Å². The molecule has 5 nitrogen and oxygen atoms in total. The summed E-state index contributed by atoms with van der Waals surface area (Å²) in [4.78, 5) is 26.4. The maximum atomic E-state index is 11.9. The van der Waals surface area contributed by atoms with Crippen molar-refractivity contribution in [1.29, 1.82) is 0 Å². The van der Waals surface area contributed by atoms with Crippen molar-refractivity contribution in [2.45, 2.75) is 20.8 Å². The number of hydrogen-bond acceptors (Lipinski definition) is 3. The van der Waals surface area contributed by atoms with Crippen molar-refractivity contribution in [2.75, 3.05) is 26.2 Å². The summed E-state index contributed by atoms with van der Waals surface area (Å²) >= 11 is 0. The van der Waals surface area contributed by atoms with Crippen molar-refractivity contribution in [2.24, 2.45) is 0 Å². The number of piperazine rings is 1. The summed E-state index contributed by atoms with van der Waals surface area (Å²) in [5.74, 6) is 0.314. The molecule has 0 N–H and O–H groups in total. The maximum Gasteiger partial charge on any atom is 0.289 e. The summed E-state index contributed by atoms with van der Waals surface area (Å²) in [7, 11) is 0. The lowest BCUT2D eigenvalue weighted by molar-refractivity contribution is -0.130. The Labute approximate surface area is 107 Å². The summed E-state index contributed by atoms with van der Waals surface area (Å²) in [6.45, 7) is 7.88. The molecule has 1 saturated heterocycles. The van der Waals surface area contributed by atoms with Gasteiger partial charge in [0, 0.05) is 33.1 Å². The monoisotopic (exact) mass is 252 g/mol. The Kier molecular flexibility index (Phi) is 5.42. The highest BCUT2D eigenvalue weighted by molar-refractivity contribution is 5.91. The first-order chi connectivity index (χ1) is 8.68. The van der Waals surface area contributed by atoms with Gasteiger partial charge in [-0.3, -0.25) is 9.59 Å². The van der Waals surface area contributed by atoms with E-state index in [-0.39, 0.29) is 11.8 Å². The van der Waals surface area contributed by atoms with Gasteiger partial charge in [-0.25, -0.2) is 0 Å². The highest BCUT2D eigenvalue weighted by atomic mass is 16.3. The molecule has 0 spiro atoms. The van der Waals surface area contributed by atoms with Crippen molar-refractivity contribution in [3.05, 3.63) is 24.2 Å². The van der Waals surface area contributed by atoms with Gasteiger partial charge in [0.1, 0.15) is 0 Å². The zero-order valence-electron chi connectivity index (χ0n) is 11.2. The zero-order chi connectivity index (χ0) is 13.5. The van der Waals surface area contributed by atoms with Crippen LogP contribution in [-0.4, -0.2) is 47.8 Å². The lowest BCUT2D eigenvalue weighted by Gasteiger charge is -2.33. The first kappa shape index (κ1) is 14.3. The molecule has 1 aliphatic heterocycles. The van der Waals surface area contributed by atoms with Gasteiger partial charge in [0.2, 0.25) is 5.91 Å². The first-order valence-electron chi connectivity index (χ1n) is 6.27. The van der Waals surface area contributed by atoms with Crippen molar-refractivity contribution < 1.29 is 14.0 Å². The van der Waals surface area contributed by atoms with E-state index in [9.17, 15) is 9.59 Å². The van der Waals surface area contributed by atoms with Crippen molar-refractivity contribution in [3.63, 3.8) is 0 Å². The standard InChI is InChI=1S/C11H14N2O3.C2H6/c1-9(14)12-4-6-13(7-5-12)11(15)10-3-2-8-16-10;1-2/h2-3,8H,4-7H2,1H3;1-2H3. The molecule has 0 aromatic carbocycles. The lowest BCUT2D eigenvalue weighted by Crippen LogP contribution is -2.50. The molecule has 1 aliphatic rings. The van der Waals surface area contributed by atoms with Crippen LogP contribution in [0.2, 0.25) is 0 Å². The smallest absolute Gasteiger partial charge is 0.289 e. The molecule has 0 atom stereocenters. The minimum atomic E-state index is -0.104. The molecule has 2 amide bonds. The number of carbonyl (C=O) groups excluding carboxylic acids is 2. The van der Waals surface area contributed by atoms with Crippen LogP contribution < -0.4 is 0 Å². The number of nitrogens with zero attached hydrogens (tertiary/aromatic N) is 2. The summed E-state index contributed by atoms with van der Waals surface area (Å²) in [6.07, 6.45) is 1.49. The highest BCUT2D eigenvalue weighted by Crippen LogP contribution is 2.09. The highest BCUT2D eigenvalue weighted by Gasteiger charge is 2.24. The average Bonchev–Trinajstić information content (AvgIpc) is 2.94. The summed E-state index contributed by atoms with van der Waals surface area (Å²) in [5, 5.41) is 0. The largest absolute Gasteiger partial charge is 0.459 e. The molecule has 2 heterocycles. The van der Waals surface area contributed by atoms with Crippen molar-refractivity contribution in [3.8, 4) is 0 Å². The summed E-state index contributed by atoms with van der Waals surface area (Å²) < 4.78 is 5.05. The van der Waals surface area contributed by atoms with Crippen LogP contribution in [0.4, 0.5) is 0 Å². The van der Waals surface area contributed by atoms with Gasteiger partial charge >= 0.3 is 0 Å². The Morgan fingerprint density at radius 1 is 1.11 bits per heavy atom. The Bertz CT molecular complexity index is 379. The fourth-order valence-corrected chi connectivity index (χ4v) is 1.78. The molecule has 2 rings (SSSR count). The number of furan rings is 1. The fourth-order valence-electron chi connectivity index (χ4n) is 1.78. The number of hydrogen-bond donors (Lipinski definition) is 0. The third-order valence-electron chi connectivity index (χ3n) is 2.74. The minimum absolute atomic E-state index is 0.0603. The van der Waals surface area contributed by atoms with E-state index in [1.54, 1.807) is 28.9 Å². The van der Waals surface area contributed by atoms with E-state index in [0.29, 0.717) is 31.9 Å². The molecule has 0 unspecified atom stereocenters.